The lowest BCUT2D eigenvalue weighted by molar-refractivity contribution is 0.381. The van der Waals surface area contributed by atoms with Crippen LogP contribution in [0.3, 0.4) is 0 Å². The fourth-order valence-corrected chi connectivity index (χ4v) is 3.10. The van der Waals surface area contributed by atoms with Crippen molar-refractivity contribution in [2.75, 3.05) is 26.7 Å². The number of nitrogens with one attached hydrogen (secondary N) is 1. The van der Waals surface area contributed by atoms with Crippen LogP contribution >= 0.6 is 11.3 Å². The Labute approximate surface area is 103 Å². The predicted molar refractivity (Wildman–Crippen MR) is 71.2 cm³/mol. The molecule has 0 radical (unpaired) electrons. The van der Waals surface area contributed by atoms with Gasteiger partial charge in [0.25, 0.3) is 0 Å². The Morgan fingerprint density at radius 1 is 1.56 bits per heavy atom. The normalized spacial score (nSPS) is 22.8. The molecule has 1 saturated heterocycles. The number of likely N-dealkylation sites (N-methyl/N-ethyl adjacent to an activating group) is 1. The Balaban J connectivity index is 1.85. The first-order chi connectivity index (χ1) is 7.58. The van der Waals surface area contributed by atoms with Crippen molar-refractivity contribution in [1.29, 1.82) is 0 Å². The summed E-state index contributed by atoms with van der Waals surface area (Å²) < 4.78 is 0. The Morgan fingerprint density at radius 3 is 2.94 bits per heavy atom. The van der Waals surface area contributed by atoms with Crippen molar-refractivity contribution in [1.82, 2.24) is 10.2 Å². The van der Waals surface area contributed by atoms with Crippen LogP contribution in [0.15, 0.2) is 17.5 Å². The van der Waals surface area contributed by atoms with Crippen LogP contribution < -0.4 is 5.32 Å². The number of hydrogen-bond donors (Lipinski definition) is 1. The molecule has 90 valence electrons. The summed E-state index contributed by atoms with van der Waals surface area (Å²) in [6, 6.07) is 5.07. The van der Waals surface area contributed by atoms with Crippen molar-refractivity contribution in [3.63, 3.8) is 0 Å². The molecule has 16 heavy (non-hydrogen) atoms. The van der Waals surface area contributed by atoms with Gasteiger partial charge in [-0.1, -0.05) is 19.9 Å². The smallest absolute Gasteiger partial charge is 0.0207 e. The molecule has 1 atom stereocenters. The highest BCUT2D eigenvalue weighted by Crippen LogP contribution is 2.27. The summed E-state index contributed by atoms with van der Waals surface area (Å²) in [5, 5.41) is 5.87. The van der Waals surface area contributed by atoms with E-state index in [1.54, 1.807) is 0 Å². The Bertz CT molecular complexity index is 319. The number of thiophene rings is 1. The summed E-state index contributed by atoms with van der Waals surface area (Å²) >= 11 is 1.86. The van der Waals surface area contributed by atoms with Crippen LogP contribution in [0.4, 0.5) is 0 Å². The molecular formula is C13H22N2S. The van der Waals surface area contributed by atoms with Gasteiger partial charge in [0.1, 0.15) is 0 Å². The van der Waals surface area contributed by atoms with Crippen molar-refractivity contribution < 1.29 is 0 Å². The molecule has 1 unspecified atom stereocenters. The molecule has 0 aromatic carbocycles. The third kappa shape index (κ3) is 2.84. The SMILES string of the molecule is CN1CCC(NCC(C)(C)c2cccs2)C1. The minimum absolute atomic E-state index is 0.259. The minimum Gasteiger partial charge on any atom is -0.312 e. The first-order valence-electron chi connectivity index (χ1n) is 6.04. The molecule has 1 aliphatic heterocycles. The zero-order chi connectivity index (χ0) is 11.6. The van der Waals surface area contributed by atoms with Gasteiger partial charge in [-0.3, -0.25) is 0 Å². The second kappa shape index (κ2) is 4.86. The van der Waals surface area contributed by atoms with E-state index in [0.717, 1.165) is 6.54 Å². The predicted octanol–water partition coefficient (Wildman–Crippen LogP) is 2.32. The van der Waals surface area contributed by atoms with Gasteiger partial charge < -0.3 is 10.2 Å². The lowest BCUT2D eigenvalue weighted by Crippen LogP contribution is -2.40. The molecule has 0 saturated carbocycles. The van der Waals surface area contributed by atoms with Gasteiger partial charge >= 0.3 is 0 Å². The van der Waals surface area contributed by atoms with Gasteiger partial charge in [-0.25, -0.2) is 0 Å². The Kier molecular flexibility index (Phi) is 3.67. The van der Waals surface area contributed by atoms with Crippen LogP contribution in [-0.4, -0.2) is 37.6 Å². The second-order valence-corrected chi connectivity index (χ2v) is 6.44. The monoisotopic (exact) mass is 238 g/mol. The molecule has 0 aliphatic carbocycles. The third-order valence-electron chi connectivity index (χ3n) is 3.41. The van der Waals surface area contributed by atoms with Crippen LogP contribution in [0.2, 0.25) is 0 Å². The van der Waals surface area contributed by atoms with Crippen molar-refractivity contribution in [3.8, 4) is 0 Å². The minimum atomic E-state index is 0.259. The molecule has 2 rings (SSSR count). The van der Waals surface area contributed by atoms with E-state index >= 15 is 0 Å². The fourth-order valence-electron chi connectivity index (χ4n) is 2.25. The van der Waals surface area contributed by atoms with E-state index in [1.807, 2.05) is 11.3 Å². The molecule has 1 N–H and O–H groups in total. The van der Waals surface area contributed by atoms with Crippen molar-refractivity contribution >= 4 is 11.3 Å². The van der Waals surface area contributed by atoms with Gasteiger partial charge in [-0.15, -0.1) is 11.3 Å². The highest BCUT2D eigenvalue weighted by molar-refractivity contribution is 7.10. The first kappa shape index (κ1) is 12.1. The highest BCUT2D eigenvalue weighted by atomic mass is 32.1. The lowest BCUT2D eigenvalue weighted by atomic mass is 9.91. The molecule has 0 amide bonds. The van der Waals surface area contributed by atoms with E-state index in [1.165, 1.54) is 24.4 Å². The molecule has 1 aromatic rings. The van der Waals surface area contributed by atoms with Gasteiger partial charge in [0.15, 0.2) is 0 Å². The summed E-state index contributed by atoms with van der Waals surface area (Å²) in [5.41, 5.74) is 0.259. The van der Waals surface area contributed by atoms with E-state index in [9.17, 15) is 0 Å². The van der Waals surface area contributed by atoms with Crippen molar-refractivity contribution in [2.24, 2.45) is 0 Å². The topological polar surface area (TPSA) is 15.3 Å². The molecule has 2 nitrogen and oxygen atoms in total. The largest absolute Gasteiger partial charge is 0.312 e. The van der Waals surface area contributed by atoms with Gasteiger partial charge in [0.2, 0.25) is 0 Å². The van der Waals surface area contributed by atoms with Crippen molar-refractivity contribution in [2.45, 2.75) is 31.7 Å². The fraction of sp³-hybridized carbons (Fsp3) is 0.692. The standard InChI is InChI=1S/C13H22N2S/c1-13(2,12-5-4-8-16-12)10-14-11-6-7-15(3)9-11/h4-5,8,11,14H,6-7,9-10H2,1-3H3. The van der Waals surface area contributed by atoms with Gasteiger partial charge in [-0.2, -0.15) is 0 Å². The quantitative estimate of drug-likeness (QED) is 0.866. The molecular weight excluding hydrogens is 216 g/mol. The average molecular weight is 238 g/mol. The summed E-state index contributed by atoms with van der Waals surface area (Å²) in [7, 11) is 2.20. The summed E-state index contributed by atoms with van der Waals surface area (Å²) in [6.45, 7) is 8.15. The van der Waals surface area contributed by atoms with Crippen molar-refractivity contribution in [3.05, 3.63) is 22.4 Å². The molecule has 0 bridgehead atoms. The van der Waals surface area contributed by atoms with E-state index in [2.05, 4.69) is 48.6 Å². The lowest BCUT2D eigenvalue weighted by Gasteiger charge is -2.26. The number of likely N-dealkylation sites (tertiary alicyclic amines) is 1. The van der Waals surface area contributed by atoms with Gasteiger partial charge in [0.05, 0.1) is 0 Å². The maximum absolute atomic E-state index is 3.71. The Hall–Kier alpha value is -0.380. The van der Waals surface area contributed by atoms with Crippen LogP contribution in [0.25, 0.3) is 0 Å². The third-order valence-corrected chi connectivity index (χ3v) is 4.65. The zero-order valence-corrected chi connectivity index (χ0v) is 11.3. The van der Waals surface area contributed by atoms with E-state index < -0.39 is 0 Å². The summed E-state index contributed by atoms with van der Waals surface area (Å²) in [5.74, 6) is 0. The van der Waals surface area contributed by atoms with E-state index in [0.29, 0.717) is 6.04 Å². The summed E-state index contributed by atoms with van der Waals surface area (Å²) in [4.78, 5) is 3.88. The second-order valence-electron chi connectivity index (χ2n) is 5.49. The molecule has 1 fully saturated rings. The Morgan fingerprint density at radius 2 is 2.38 bits per heavy atom. The maximum Gasteiger partial charge on any atom is 0.0207 e. The molecule has 2 heterocycles. The zero-order valence-electron chi connectivity index (χ0n) is 10.5. The van der Waals surface area contributed by atoms with E-state index in [4.69, 9.17) is 0 Å². The van der Waals surface area contributed by atoms with Gasteiger partial charge in [0, 0.05) is 29.4 Å². The average Bonchev–Trinajstić information content (AvgIpc) is 2.85. The van der Waals surface area contributed by atoms with Crippen LogP contribution in [0, 0.1) is 0 Å². The number of rotatable bonds is 4. The molecule has 1 aliphatic rings. The van der Waals surface area contributed by atoms with Gasteiger partial charge in [-0.05, 0) is 31.5 Å². The highest BCUT2D eigenvalue weighted by Gasteiger charge is 2.25. The molecule has 3 heteroatoms. The van der Waals surface area contributed by atoms with E-state index in [-0.39, 0.29) is 5.41 Å². The molecule has 0 spiro atoms. The number of nitrogens with zero attached hydrogens (tertiary/aromatic N) is 1. The molecule has 1 aromatic heterocycles. The van der Waals surface area contributed by atoms with Crippen LogP contribution in [-0.2, 0) is 5.41 Å². The maximum atomic E-state index is 3.71. The first-order valence-corrected chi connectivity index (χ1v) is 6.92. The van der Waals surface area contributed by atoms with Crippen LogP contribution in [0.1, 0.15) is 25.1 Å². The van der Waals surface area contributed by atoms with Crippen LogP contribution in [0.5, 0.6) is 0 Å². The number of hydrogen-bond acceptors (Lipinski definition) is 3. The summed E-state index contributed by atoms with van der Waals surface area (Å²) in [6.07, 6.45) is 1.29.